The summed E-state index contributed by atoms with van der Waals surface area (Å²) in [5.41, 5.74) is 15.8. The highest BCUT2D eigenvalue weighted by Gasteiger charge is 2.54. The third kappa shape index (κ3) is 5.46. The quantitative estimate of drug-likeness (QED) is 0.235. The van der Waals surface area contributed by atoms with Crippen LogP contribution in [-0.4, -0.2) is 11.7 Å². The number of anilines is 2. The number of aryl methyl sites for hydroxylation is 1. The fraction of sp³-hybridized carbons (Fsp3) is 0.412. The lowest BCUT2D eigenvalue weighted by atomic mass is 9.85. The molecule has 5 heteroatoms. The molecule has 3 aromatic rings. The molecule has 0 saturated heterocycles. The Kier molecular flexibility index (Phi) is 7.54. The number of nitrogens with two attached hydrogens (primary N) is 1. The van der Waals surface area contributed by atoms with Crippen molar-refractivity contribution < 1.29 is 13.2 Å². The average Bonchev–Trinajstić information content (AvgIpc) is 3.08. The Hall–Kier alpha value is -3.21. The molecule has 39 heavy (non-hydrogen) atoms. The summed E-state index contributed by atoms with van der Waals surface area (Å²) >= 11 is 0. The van der Waals surface area contributed by atoms with Crippen LogP contribution in [0.25, 0.3) is 11.1 Å². The van der Waals surface area contributed by atoms with Gasteiger partial charge in [-0.05, 0) is 101 Å². The predicted octanol–water partition coefficient (Wildman–Crippen LogP) is 9.22. The Labute approximate surface area is 230 Å². The van der Waals surface area contributed by atoms with Crippen LogP contribution in [0.1, 0.15) is 86.3 Å². The maximum absolute atomic E-state index is 14.9. The van der Waals surface area contributed by atoms with Crippen LogP contribution < -0.4 is 11.1 Å². The topological polar surface area (TPSA) is 38.0 Å². The number of alkyl halides is 3. The number of halogens is 3. The Morgan fingerprint density at radius 3 is 2.36 bits per heavy atom. The normalized spacial score (nSPS) is 21.0. The third-order valence-electron chi connectivity index (χ3n) is 8.54. The van der Waals surface area contributed by atoms with Gasteiger partial charge in [0.2, 0.25) is 5.79 Å². The number of hydrogen-bond donors (Lipinski definition) is 2. The van der Waals surface area contributed by atoms with E-state index in [1.54, 1.807) is 6.07 Å². The van der Waals surface area contributed by atoms with Gasteiger partial charge in [0.25, 0.3) is 0 Å². The van der Waals surface area contributed by atoms with Gasteiger partial charge in [-0.25, -0.2) is 13.2 Å². The molecule has 0 aromatic heterocycles. The van der Waals surface area contributed by atoms with Gasteiger partial charge in [-0.3, -0.25) is 0 Å². The Balaban J connectivity index is 1.61. The highest BCUT2D eigenvalue weighted by atomic mass is 19.3. The minimum atomic E-state index is -3.47. The van der Waals surface area contributed by atoms with Crippen molar-refractivity contribution in [1.29, 1.82) is 0 Å². The van der Waals surface area contributed by atoms with Crippen LogP contribution in [0.4, 0.5) is 24.5 Å². The zero-order chi connectivity index (χ0) is 27.8. The van der Waals surface area contributed by atoms with Crippen LogP contribution in [0.3, 0.4) is 0 Å². The van der Waals surface area contributed by atoms with E-state index in [9.17, 15) is 13.2 Å². The standard InChI is InChI=1S/C34H39F3N2/c1-4-7-22(5-2)18-23-10-12-24(13-11-23)32-29(9-6-8-25-19-28(38)16-17-30(25)32)26-14-15-27-21-34(36,37)33(3,35)39-31(27)20-26/h10-17,19-20,22,39H,4-9,18,21,38H2,1-3H3. The SMILES string of the molecule is CCCC(CC)Cc1ccc(C2=C(c3ccc4c(c3)NC(C)(F)C(F)(F)C4)CCCc3cc(N)ccc32)cc1. The van der Waals surface area contributed by atoms with Gasteiger partial charge < -0.3 is 11.1 Å². The van der Waals surface area contributed by atoms with Crippen molar-refractivity contribution in [2.45, 2.75) is 83.9 Å². The summed E-state index contributed by atoms with van der Waals surface area (Å²) in [5, 5.41) is 2.49. The first-order valence-corrected chi connectivity index (χ1v) is 14.3. The van der Waals surface area contributed by atoms with Crippen LogP contribution >= 0.6 is 0 Å². The summed E-state index contributed by atoms with van der Waals surface area (Å²) in [7, 11) is 0. The zero-order valence-electron chi connectivity index (χ0n) is 23.2. The number of rotatable bonds is 7. The largest absolute Gasteiger partial charge is 0.399 e. The molecule has 2 aliphatic rings. The Morgan fingerprint density at radius 1 is 0.897 bits per heavy atom. The first-order valence-electron chi connectivity index (χ1n) is 14.3. The van der Waals surface area contributed by atoms with Crippen molar-refractivity contribution in [2.24, 2.45) is 5.92 Å². The van der Waals surface area contributed by atoms with Crippen molar-refractivity contribution in [1.82, 2.24) is 0 Å². The van der Waals surface area contributed by atoms with Crippen molar-refractivity contribution in [3.63, 3.8) is 0 Å². The lowest BCUT2D eigenvalue weighted by Crippen LogP contribution is -2.52. The van der Waals surface area contributed by atoms with Crippen molar-refractivity contribution in [3.8, 4) is 0 Å². The van der Waals surface area contributed by atoms with E-state index in [0.717, 1.165) is 66.1 Å². The van der Waals surface area contributed by atoms with E-state index >= 15 is 0 Å². The second-order valence-corrected chi connectivity index (χ2v) is 11.5. The van der Waals surface area contributed by atoms with Gasteiger partial charge in [-0.1, -0.05) is 75.6 Å². The molecule has 0 amide bonds. The molecule has 2 unspecified atom stereocenters. The summed E-state index contributed by atoms with van der Waals surface area (Å²) in [6.07, 6.45) is 6.73. The van der Waals surface area contributed by atoms with Gasteiger partial charge in [0, 0.05) is 17.8 Å². The molecule has 3 N–H and O–H groups in total. The molecule has 2 atom stereocenters. The fourth-order valence-corrected chi connectivity index (χ4v) is 6.21. The predicted molar refractivity (Wildman–Crippen MR) is 157 cm³/mol. The summed E-state index contributed by atoms with van der Waals surface area (Å²) in [5.74, 6) is -5.58. The van der Waals surface area contributed by atoms with Crippen LogP contribution in [0.5, 0.6) is 0 Å². The molecule has 1 aliphatic carbocycles. The van der Waals surface area contributed by atoms with Crippen LogP contribution in [-0.2, 0) is 19.3 Å². The number of allylic oxidation sites excluding steroid dienone is 1. The summed E-state index contributed by atoms with van der Waals surface area (Å²) in [6.45, 7) is 5.43. The second kappa shape index (κ2) is 10.7. The van der Waals surface area contributed by atoms with Gasteiger partial charge in [-0.15, -0.1) is 0 Å². The first-order chi connectivity index (χ1) is 18.6. The molecule has 0 radical (unpaired) electrons. The van der Waals surface area contributed by atoms with E-state index in [-0.39, 0.29) is 0 Å². The van der Waals surface area contributed by atoms with Crippen molar-refractivity contribution in [2.75, 3.05) is 11.1 Å². The molecule has 0 bridgehead atoms. The molecule has 3 aromatic carbocycles. The molecule has 5 rings (SSSR count). The van der Waals surface area contributed by atoms with Gasteiger partial charge in [0.15, 0.2) is 0 Å². The van der Waals surface area contributed by atoms with E-state index < -0.39 is 18.1 Å². The monoisotopic (exact) mass is 532 g/mol. The molecule has 0 fully saturated rings. The van der Waals surface area contributed by atoms with E-state index in [1.807, 2.05) is 18.2 Å². The Morgan fingerprint density at radius 2 is 1.64 bits per heavy atom. The molecular weight excluding hydrogens is 493 g/mol. The molecule has 2 nitrogen and oxygen atoms in total. The van der Waals surface area contributed by atoms with Crippen LogP contribution in [0.2, 0.25) is 0 Å². The van der Waals surface area contributed by atoms with E-state index in [4.69, 9.17) is 5.73 Å². The number of fused-ring (bicyclic) bond motifs is 2. The minimum Gasteiger partial charge on any atom is -0.399 e. The lowest BCUT2D eigenvalue weighted by Gasteiger charge is -2.37. The maximum Gasteiger partial charge on any atom is 0.303 e. The van der Waals surface area contributed by atoms with Crippen molar-refractivity contribution in [3.05, 3.63) is 94.0 Å². The summed E-state index contributed by atoms with van der Waals surface area (Å²) in [4.78, 5) is 0. The minimum absolute atomic E-state index is 0.435. The summed E-state index contributed by atoms with van der Waals surface area (Å²) in [6, 6.07) is 20.5. The lowest BCUT2D eigenvalue weighted by molar-refractivity contribution is -0.117. The highest BCUT2D eigenvalue weighted by Crippen LogP contribution is 2.45. The van der Waals surface area contributed by atoms with Gasteiger partial charge in [0.1, 0.15) is 0 Å². The Bertz CT molecular complexity index is 1370. The molecule has 206 valence electrons. The molecule has 1 heterocycles. The molecule has 0 spiro atoms. The fourth-order valence-electron chi connectivity index (χ4n) is 6.21. The zero-order valence-corrected chi connectivity index (χ0v) is 23.2. The van der Waals surface area contributed by atoms with Crippen molar-refractivity contribution >= 4 is 22.5 Å². The van der Waals surface area contributed by atoms with Gasteiger partial charge in [-0.2, -0.15) is 0 Å². The van der Waals surface area contributed by atoms with Crippen LogP contribution in [0, 0.1) is 5.92 Å². The number of hydrogen-bond acceptors (Lipinski definition) is 2. The molecule has 1 aliphatic heterocycles. The number of benzene rings is 3. The van der Waals surface area contributed by atoms with E-state index in [0.29, 0.717) is 17.2 Å². The molecular formula is C34H39F3N2. The number of nitrogen functional groups attached to an aromatic ring is 1. The smallest absolute Gasteiger partial charge is 0.303 e. The average molecular weight is 533 g/mol. The number of nitrogens with one attached hydrogen (secondary N) is 1. The van der Waals surface area contributed by atoms with Gasteiger partial charge in [0.05, 0.1) is 0 Å². The second-order valence-electron chi connectivity index (χ2n) is 11.5. The van der Waals surface area contributed by atoms with E-state index in [2.05, 4.69) is 55.6 Å². The van der Waals surface area contributed by atoms with Gasteiger partial charge >= 0.3 is 5.92 Å². The highest BCUT2D eigenvalue weighted by molar-refractivity contribution is 6.00. The third-order valence-corrected chi connectivity index (χ3v) is 8.54. The maximum atomic E-state index is 14.9. The van der Waals surface area contributed by atoms with E-state index in [1.165, 1.54) is 30.4 Å². The molecule has 0 saturated carbocycles. The summed E-state index contributed by atoms with van der Waals surface area (Å²) < 4.78 is 43.6. The van der Waals surface area contributed by atoms with Crippen LogP contribution in [0.15, 0.2) is 60.7 Å². The first kappa shape index (κ1) is 27.4.